The Labute approximate surface area is 202 Å². The van der Waals surface area contributed by atoms with E-state index in [1.54, 1.807) is 9.58 Å². The van der Waals surface area contributed by atoms with Crippen LogP contribution in [0.4, 0.5) is 4.39 Å². The maximum Gasteiger partial charge on any atom is 0.252 e. The summed E-state index contributed by atoms with van der Waals surface area (Å²) < 4.78 is 15.3. The maximum atomic E-state index is 13.6. The molecular weight excluding hydrogens is 455 g/mol. The molecule has 1 saturated carbocycles. The fourth-order valence-corrected chi connectivity index (χ4v) is 5.20. The van der Waals surface area contributed by atoms with E-state index in [0.29, 0.717) is 48.3 Å². The molecule has 8 heteroatoms. The number of hydrogen-bond acceptors (Lipinski definition) is 3. The molecule has 0 saturated heterocycles. The zero-order chi connectivity index (χ0) is 24.0. The van der Waals surface area contributed by atoms with Gasteiger partial charge in [0.25, 0.3) is 5.91 Å². The third kappa shape index (κ3) is 4.20. The molecule has 2 aliphatic rings. The number of aryl methyl sites for hydroxylation is 1. The van der Waals surface area contributed by atoms with Crippen LogP contribution in [0.15, 0.2) is 42.5 Å². The monoisotopic (exact) mass is 480 g/mol. The number of amides is 2. The number of hydrogen-bond donors (Lipinski definition) is 1. The number of halogens is 2. The highest BCUT2D eigenvalue weighted by atomic mass is 35.5. The lowest BCUT2D eigenvalue weighted by molar-refractivity contribution is -0.134. The molecule has 6 nitrogen and oxygen atoms in total. The standard InChI is InChI=1S/C26H26ClFN4O2/c1-15-2-4-17(5-3-15)19-10-16(11-19)12-23(33)31-8-9-32-22(14-31)24(26(29)34)25(30-32)18-6-7-21(28)20(27)13-18/h2-7,13,16,19H,8-12,14H2,1H3,(H2,29,34). The molecule has 3 aromatic rings. The number of nitrogens with two attached hydrogens (primary N) is 1. The SMILES string of the molecule is Cc1ccc(C2CC(CC(=O)N3CCn4nc(-c5ccc(F)c(Cl)c5)c(C(N)=O)c4C3)C2)cc1. The van der Waals surface area contributed by atoms with E-state index in [1.165, 1.54) is 29.3 Å². The van der Waals surface area contributed by atoms with Crippen LogP contribution in [0.25, 0.3) is 11.3 Å². The number of rotatable bonds is 5. The first-order valence-corrected chi connectivity index (χ1v) is 11.9. The molecule has 2 heterocycles. The lowest BCUT2D eigenvalue weighted by Gasteiger charge is -2.37. The number of nitrogens with zero attached hydrogens (tertiary/aromatic N) is 3. The van der Waals surface area contributed by atoms with E-state index in [2.05, 4.69) is 36.3 Å². The Hall–Kier alpha value is -3.19. The Bertz CT molecular complexity index is 1260. The van der Waals surface area contributed by atoms with Gasteiger partial charge in [-0.05, 0) is 55.4 Å². The lowest BCUT2D eigenvalue weighted by Crippen LogP contribution is -2.40. The molecule has 0 atom stereocenters. The largest absolute Gasteiger partial charge is 0.365 e. The van der Waals surface area contributed by atoms with Crippen molar-refractivity contribution in [1.29, 1.82) is 0 Å². The van der Waals surface area contributed by atoms with Crippen molar-refractivity contribution in [2.75, 3.05) is 6.54 Å². The minimum atomic E-state index is -0.633. The minimum absolute atomic E-state index is 0.0554. The fraction of sp³-hybridized carbons (Fsp3) is 0.346. The van der Waals surface area contributed by atoms with Gasteiger partial charge in [-0.3, -0.25) is 14.3 Å². The highest BCUT2D eigenvalue weighted by molar-refractivity contribution is 6.31. The molecule has 34 heavy (non-hydrogen) atoms. The van der Waals surface area contributed by atoms with E-state index in [4.69, 9.17) is 17.3 Å². The number of primary amides is 1. The van der Waals surface area contributed by atoms with Crippen LogP contribution < -0.4 is 5.73 Å². The first kappa shape index (κ1) is 22.6. The van der Waals surface area contributed by atoms with Crippen LogP contribution >= 0.6 is 11.6 Å². The molecule has 2 amide bonds. The van der Waals surface area contributed by atoms with Gasteiger partial charge < -0.3 is 10.6 Å². The summed E-state index contributed by atoms with van der Waals surface area (Å²) in [6.07, 6.45) is 2.54. The predicted octanol–water partition coefficient (Wildman–Crippen LogP) is 4.68. The fourth-order valence-electron chi connectivity index (χ4n) is 5.02. The van der Waals surface area contributed by atoms with Gasteiger partial charge >= 0.3 is 0 Å². The normalized spacial score (nSPS) is 19.4. The van der Waals surface area contributed by atoms with Crippen molar-refractivity contribution in [2.45, 2.75) is 45.2 Å². The van der Waals surface area contributed by atoms with Crippen molar-refractivity contribution < 1.29 is 14.0 Å². The molecule has 0 spiro atoms. The van der Waals surface area contributed by atoms with Crippen molar-refractivity contribution in [1.82, 2.24) is 14.7 Å². The van der Waals surface area contributed by atoms with Crippen LogP contribution in [0.3, 0.4) is 0 Å². The molecule has 1 aliphatic heterocycles. The molecule has 1 fully saturated rings. The quantitative estimate of drug-likeness (QED) is 0.576. The maximum absolute atomic E-state index is 13.6. The molecule has 2 N–H and O–H groups in total. The summed E-state index contributed by atoms with van der Waals surface area (Å²) in [7, 11) is 0. The zero-order valence-electron chi connectivity index (χ0n) is 18.9. The summed E-state index contributed by atoms with van der Waals surface area (Å²) in [5.74, 6) is -0.203. The number of fused-ring (bicyclic) bond motifs is 1. The van der Waals surface area contributed by atoms with Gasteiger partial charge in [-0.1, -0.05) is 41.4 Å². The first-order valence-electron chi connectivity index (χ1n) is 11.5. The second-order valence-corrected chi connectivity index (χ2v) is 9.76. The van der Waals surface area contributed by atoms with Crippen LogP contribution in [0.5, 0.6) is 0 Å². The van der Waals surface area contributed by atoms with E-state index < -0.39 is 11.7 Å². The Balaban J connectivity index is 1.28. The third-order valence-electron chi connectivity index (χ3n) is 7.02. The van der Waals surface area contributed by atoms with Crippen molar-refractivity contribution in [2.24, 2.45) is 11.7 Å². The third-order valence-corrected chi connectivity index (χ3v) is 7.31. The van der Waals surface area contributed by atoms with E-state index in [-0.39, 0.29) is 23.0 Å². The molecule has 0 bridgehead atoms. The van der Waals surface area contributed by atoms with Crippen LogP contribution in [0, 0.1) is 18.7 Å². The van der Waals surface area contributed by atoms with Crippen molar-refractivity contribution in [3.63, 3.8) is 0 Å². The van der Waals surface area contributed by atoms with Gasteiger partial charge in [0.1, 0.15) is 11.5 Å². The van der Waals surface area contributed by atoms with Crippen LogP contribution in [-0.4, -0.2) is 33.0 Å². The average molecular weight is 481 g/mol. The van der Waals surface area contributed by atoms with E-state index in [9.17, 15) is 14.0 Å². The van der Waals surface area contributed by atoms with E-state index >= 15 is 0 Å². The molecule has 1 aromatic heterocycles. The number of aromatic nitrogens is 2. The van der Waals surface area contributed by atoms with Crippen molar-refractivity contribution >= 4 is 23.4 Å². The first-order chi connectivity index (χ1) is 16.3. The Morgan fingerprint density at radius 2 is 1.88 bits per heavy atom. The summed E-state index contributed by atoms with van der Waals surface area (Å²) in [5.41, 5.74) is 10.0. The van der Waals surface area contributed by atoms with Crippen molar-refractivity contribution in [3.8, 4) is 11.3 Å². The van der Waals surface area contributed by atoms with E-state index in [1.807, 2.05) is 0 Å². The molecule has 0 unspecified atom stereocenters. The molecule has 5 rings (SSSR count). The highest BCUT2D eigenvalue weighted by Gasteiger charge is 2.35. The van der Waals surface area contributed by atoms with E-state index in [0.717, 1.165) is 12.8 Å². The van der Waals surface area contributed by atoms with Gasteiger partial charge in [0.05, 0.1) is 29.4 Å². The molecule has 2 aromatic carbocycles. The summed E-state index contributed by atoms with van der Waals surface area (Å²) in [5, 5.41) is 4.49. The van der Waals surface area contributed by atoms with Gasteiger partial charge in [0.2, 0.25) is 5.91 Å². The average Bonchev–Trinajstić information content (AvgIpc) is 3.17. The summed E-state index contributed by atoms with van der Waals surface area (Å²) in [6.45, 7) is 3.33. The van der Waals surface area contributed by atoms with Gasteiger partial charge in [0, 0.05) is 18.5 Å². The highest BCUT2D eigenvalue weighted by Crippen LogP contribution is 2.43. The second-order valence-electron chi connectivity index (χ2n) is 9.35. The number of benzene rings is 2. The smallest absolute Gasteiger partial charge is 0.252 e. The Kier molecular flexibility index (Phi) is 5.90. The molecule has 176 valence electrons. The Morgan fingerprint density at radius 3 is 2.56 bits per heavy atom. The van der Waals surface area contributed by atoms with Crippen molar-refractivity contribution in [3.05, 3.63) is 75.7 Å². The minimum Gasteiger partial charge on any atom is -0.365 e. The number of carbonyl (C=O) groups is 2. The Morgan fingerprint density at radius 1 is 1.15 bits per heavy atom. The van der Waals surface area contributed by atoms with Crippen LogP contribution in [0.2, 0.25) is 5.02 Å². The molecule has 1 aliphatic carbocycles. The summed E-state index contributed by atoms with van der Waals surface area (Å²) >= 11 is 5.93. The summed E-state index contributed by atoms with van der Waals surface area (Å²) in [6, 6.07) is 12.8. The second kappa shape index (κ2) is 8.87. The molecular formula is C26H26ClFN4O2. The van der Waals surface area contributed by atoms with Gasteiger partial charge in [-0.15, -0.1) is 0 Å². The number of carbonyl (C=O) groups excluding carboxylic acids is 2. The zero-order valence-corrected chi connectivity index (χ0v) is 19.7. The molecule has 0 radical (unpaired) electrons. The van der Waals surface area contributed by atoms with Crippen LogP contribution in [-0.2, 0) is 17.9 Å². The van der Waals surface area contributed by atoms with Gasteiger partial charge in [-0.2, -0.15) is 5.10 Å². The lowest BCUT2D eigenvalue weighted by atomic mass is 9.70. The predicted molar refractivity (Wildman–Crippen MR) is 128 cm³/mol. The van der Waals surface area contributed by atoms with Crippen LogP contribution in [0.1, 0.15) is 52.4 Å². The van der Waals surface area contributed by atoms with Gasteiger partial charge in [0.15, 0.2) is 0 Å². The summed E-state index contributed by atoms with van der Waals surface area (Å²) in [4.78, 5) is 27.2. The topological polar surface area (TPSA) is 81.2 Å². The van der Waals surface area contributed by atoms with Gasteiger partial charge in [-0.25, -0.2) is 4.39 Å².